The first-order valence-electron chi connectivity index (χ1n) is 3.86. The average molecular weight is 167 g/mol. The summed E-state index contributed by atoms with van der Waals surface area (Å²) in [6.45, 7) is 3.41. The normalized spacial score (nSPS) is 12.6. The number of aromatic nitrogens is 2. The van der Waals surface area contributed by atoms with E-state index in [1.165, 1.54) is 6.92 Å². The summed E-state index contributed by atoms with van der Waals surface area (Å²) in [4.78, 5) is 10.7. The van der Waals surface area contributed by atoms with E-state index < -0.39 is 0 Å². The maximum absolute atomic E-state index is 10.7. The minimum Gasteiger partial charge on any atom is -0.348 e. The summed E-state index contributed by atoms with van der Waals surface area (Å²) in [5.74, 6) is -0.0341. The lowest BCUT2D eigenvalue weighted by Gasteiger charge is -2.08. The topological polar surface area (TPSA) is 46.9 Å². The third kappa shape index (κ3) is 2.08. The molecule has 1 amide bonds. The van der Waals surface area contributed by atoms with Gasteiger partial charge in [-0.25, -0.2) is 0 Å². The Morgan fingerprint density at radius 3 is 2.83 bits per heavy atom. The minimum absolute atomic E-state index is 0.0105. The number of amides is 1. The summed E-state index contributed by atoms with van der Waals surface area (Å²) >= 11 is 0. The third-order valence-corrected chi connectivity index (χ3v) is 1.60. The molecule has 0 aliphatic carbocycles. The first kappa shape index (κ1) is 8.77. The molecular formula is C8H13N3O. The Morgan fingerprint density at radius 2 is 2.42 bits per heavy atom. The van der Waals surface area contributed by atoms with Gasteiger partial charge >= 0.3 is 0 Å². The van der Waals surface area contributed by atoms with E-state index in [2.05, 4.69) is 10.4 Å². The van der Waals surface area contributed by atoms with Crippen LogP contribution in [-0.2, 0) is 11.8 Å². The molecule has 4 nitrogen and oxygen atoms in total. The van der Waals surface area contributed by atoms with Crippen LogP contribution in [0.1, 0.15) is 25.6 Å². The van der Waals surface area contributed by atoms with Gasteiger partial charge in [0.25, 0.3) is 0 Å². The maximum atomic E-state index is 10.7. The molecule has 0 spiro atoms. The van der Waals surface area contributed by atoms with Crippen LogP contribution in [0.2, 0.25) is 0 Å². The zero-order chi connectivity index (χ0) is 9.14. The molecule has 0 aliphatic heterocycles. The summed E-state index contributed by atoms with van der Waals surface area (Å²) in [6, 6.07) is 1.88. The molecule has 0 fully saturated rings. The summed E-state index contributed by atoms with van der Waals surface area (Å²) < 4.78 is 1.72. The van der Waals surface area contributed by atoms with Gasteiger partial charge in [0, 0.05) is 20.2 Å². The fraction of sp³-hybridized carbons (Fsp3) is 0.500. The molecule has 1 rings (SSSR count). The highest BCUT2D eigenvalue weighted by atomic mass is 16.1. The second-order valence-electron chi connectivity index (χ2n) is 2.84. The molecule has 0 saturated heterocycles. The predicted molar refractivity (Wildman–Crippen MR) is 45.4 cm³/mol. The van der Waals surface area contributed by atoms with E-state index in [9.17, 15) is 4.79 Å². The molecule has 0 aromatic carbocycles. The van der Waals surface area contributed by atoms with Crippen LogP contribution in [0.25, 0.3) is 0 Å². The molecule has 1 heterocycles. The molecule has 0 aliphatic rings. The van der Waals surface area contributed by atoms with E-state index in [1.54, 1.807) is 4.68 Å². The number of carbonyl (C=O) groups is 1. The van der Waals surface area contributed by atoms with E-state index in [-0.39, 0.29) is 11.9 Å². The van der Waals surface area contributed by atoms with Crippen LogP contribution < -0.4 is 5.32 Å². The van der Waals surface area contributed by atoms with Gasteiger partial charge in [0.05, 0.1) is 11.7 Å². The fourth-order valence-corrected chi connectivity index (χ4v) is 1.04. The molecule has 1 aromatic rings. The van der Waals surface area contributed by atoms with Crippen LogP contribution in [0.5, 0.6) is 0 Å². The standard InChI is InChI=1S/C8H13N3O/c1-6(9-7(2)12)8-4-5-11(3)10-8/h4-6H,1-3H3,(H,9,12)/t6-/m1/s1. The number of nitrogens with one attached hydrogen (secondary N) is 1. The van der Waals surface area contributed by atoms with Crippen LogP contribution >= 0.6 is 0 Å². The van der Waals surface area contributed by atoms with Gasteiger partial charge < -0.3 is 5.32 Å². The van der Waals surface area contributed by atoms with E-state index in [0.29, 0.717) is 0 Å². The highest BCUT2D eigenvalue weighted by molar-refractivity contribution is 5.73. The molecule has 12 heavy (non-hydrogen) atoms. The molecule has 0 bridgehead atoms. The van der Waals surface area contributed by atoms with E-state index in [0.717, 1.165) is 5.69 Å². The van der Waals surface area contributed by atoms with Crippen molar-refractivity contribution in [2.45, 2.75) is 19.9 Å². The molecule has 0 unspecified atom stereocenters. The first-order chi connectivity index (χ1) is 5.59. The Bertz CT molecular complexity index is 280. The lowest BCUT2D eigenvalue weighted by Crippen LogP contribution is -2.24. The van der Waals surface area contributed by atoms with E-state index >= 15 is 0 Å². The number of carbonyl (C=O) groups excluding carboxylic acids is 1. The van der Waals surface area contributed by atoms with Gasteiger partial charge in [0.2, 0.25) is 5.91 Å². The van der Waals surface area contributed by atoms with Crippen molar-refractivity contribution in [1.29, 1.82) is 0 Å². The van der Waals surface area contributed by atoms with Crippen molar-refractivity contribution in [1.82, 2.24) is 15.1 Å². The summed E-state index contributed by atoms with van der Waals surface area (Å²) in [5, 5.41) is 6.92. The minimum atomic E-state index is -0.0341. The van der Waals surface area contributed by atoms with Crippen molar-refractivity contribution in [2.24, 2.45) is 7.05 Å². The van der Waals surface area contributed by atoms with Crippen molar-refractivity contribution >= 4 is 5.91 Å². The van der Waals surface area contributed by atoms with Crippen LogP contribution in [-0.4, -0.2) is 15.7 Å². The monoisotopic (exact) mass is 167 g/mol. The van der Waals surface area contributed by atoms with Gasteiger partial charge in [-0.15, -0.1) is 0 Å². The van der Waals surface area contributed by atoms with Gasteiger partial charge in [-0.05, 0) is 13.0 Å². The Hall–Kier alpha value is -1.32. The van der Waals surface area contributed by atoms with Gasteiger partial charge in [-0.1, -0.05) is 0 Å². The fourth-order valence-electron chi connectivity index (χ4n) is 1.04. The molecule has 1 aromatic heterocycles. The molecule has 0 saturated carbocycles. The third-order valence-electron chi connectivity index (χ3n) is 1.60. The number of aryl methyl sites for hydroxylation is 1. The van der Waals surface area contributed by atoms with Crippen LogP contribution in [0.15, 0.2) is 12.3 Å². The van der Waals surface area contributed by atoms with Crippen molar-refractivity contribution < 1.29 is 4.79 Å². The van der Waals surface area contributed by atoms with Crippen molar-refractivity contribution in [3.63, 3.8) is 0 Å². The highest BCUT2D eigenvalue weighted by Gasteiger charge is 2.08. The molecule has 4 heteroatoms. The second kappa shape index (κ2) is 3.38. The average Bonchev–Trinajstić information content (AvgIpc) is 2.34. The number of hydrogen-bond donors (Lipinski definition) is 1. The smallest absolute Gasteiger partial charge is 0.217 e. The first-order valence-corrected chi connectivity index (χ1v) is 3.86. The predicted octanol–water partition coefficient (Wildman–Crippen LogP) is 0.617. The van der Waals surface area contributed by atoms with Crippen molar-refractivity contribution in [2.75, 3.05) is 0 Å². The number of hydrogen-bond acceptors (Lipinski definition) is 2. The summed E-state index contributed by atoms with van der Waals surface area (Å²) in [7, 11) is 1.85. The number of nitrogens with zero attached hydrogens (tertiary/aromatic N) is 2. The zero-order valence-corrected chi connectivity index (χ0v) is 7.53. The lowest BCUT2D eigenvalue weighted by atomic mass is 10.2. The zero-order valence-electron chi connectivity index (χ0n) is 7.53. The van der Waals surface area contributed by atoms with Crippen molar-refractivity contribution in [3.05, 3.63) is 18.0 Å². The quantitative estimate of drug-likeness (QED) is 0.701. The van der Waals surface area contributed by atoms with Crippen LogP contribution in [0.3, 0.4) is 0 Å². The Labute approximate surface area is 71.6 Å². The Kier molecular flexibility index (Phi) is 2.47. The van der Waals surface area contributed by atoms with Gasteiger partial charge in [-0.3, -0.25) is 9.48 Å². The van der Waals surface area contributed by atoms with Gasteiger partial charge in [-0.2, -0.15) is 5.10 Å². The van der Waals surface area contributed by atoms with Crippen molar-refractivity contribution in [3.8, 4) is 0 Å². The van der Waals surface area contributed by atoms with Crippen LogP contribution in [0, 0.1) is 0 Å². The summed E-state index contributed by atoms with van der Waals surface area (Å²) in [6.07, 6.45) is 1.85. The van der Waals surface area contributed by atoms with Crippen LogP contribution in [0.4, 0.5) is 0 Å². The molecule has 1 atom stereocenters. The molecule has 1 N–H and O–H groups in total. The molecular weight excluding hydrogens is 154 g/mol. The van der Waals surface area contributed by atoms with Gasteiger partial charge in [0.15, 0.2) is 0 Å². The molecule has 66 valence electrons. The highest BCUT2D eigenvalue weighted by Crippen LogP contribution is 2.07. The van der Waals surface area contributed by atoms with E-state index in [4.69, 9.17) is 0 Å². The van der Waals surface area contributed by atoms with Gasteiger partial charge in [0.1, 0.15) is 0 Å². The second-order valence-corrected chi connectivity index (χ2v) is 2.84. The Morgan fingerprint density at radius 1 is 1.75 bits per heavy atom. The lowest BCUT2D eigenvalue weighted by molar-refractivity contribution is -0.119. The Balaban J connectivity index is 2.64. The number of rotatable bonds is 2. The summed E-state index contributed by atoms with van der Waals surface area (Å²) in [5.41, 5.74) is 0.882. The largest absolute Gasteiger partial charge is 0.348 e. The SMILES string of the molecule is CC(=O)N[C@H](C)c1ccn(C)n1. The van der Waals surface area contributed by atoms with E-state index in [1.807, 2.05) is 26.2 Å². The maximum Gasteiger partial charge on any atom is 0.217 e. The molecule has 0 radical (unpaired) electrons.